The molecule has 1 amide bonds. The molecule has 0 bridgehead atoms. The highest BCUT2D eigenvalue weighted by atomic mass is 79.9. The first-order valence-electron chi connectivity index (χ1n) is 6.82. The van der Waals surface area contributed by atoms with Crippen LogP contribution in [0.4, 0.5) is 5.13 Å². The number of nitrogens with zero attached hydrogens (tertiary/aromatic N) is 1. The lowest BCUT2D eigenvalue weighted by Gasteiger charge is -2.04. The van der Waals surface area contributed by atoms with Gasteiger partial charge in [-0.25, -0.2) is 4.98 Å². The zero-order valence-electron chi connectivity index (χ0n) is 12.4. The molecule has 1 aromatic heterocycles. The normalized spacial score (nSPS) is 10.0. The number of amides is 1. The molecule has 0 spiro atoms. The maximum atomic E-state index is 12.5. The number of ketones is 1. The summed E-state index contributed by atoms with van der Waals surface area (Å²) in [6.45, 7) is 0. The van der Waals surface area contributed by atoms with Crippen LogP contribution in [0.3, 0.4) is 0 Å². The zero-order chi connectivity index (χ0) is 16.4. The number of carbonyl (C=O) groups excluding carboxylic acids is 2. The maximum absolute atomic E-state index is 12.5. The summed E-state index contributed by atoms with van der Waals surface area (Å²) < 4.78 is 0. The molecule has 4 N–H and O–H groups in total. The first-order chi connectivity index (χ1) is 11.1. The standard InChI is InChI=1S/C17H13N3O2S.BrH/c18-16(22)15-13(20-17(19)23-15)11-7-4-8-12(9-11)14(21)10-5-2-1-3-6-10;/h1-9H,(H2,18,22)(H2,19,20);1H. The van der Waals surface area contributed by atoms with Gasteiger partial charge >= 0.3 is 0 Å². The number of rotatable bonds is 4. The molecular weight excluding hydrogens is 390 g/mol. The molecule has 2 aromatic carbocycles. The predicted molar refractivity (Wildman–Crippen MR) is 101 cm³/mol. The minimum Gasteiger partial charge on any atom is -0.375 e. The molecule has 1 heterocycles. The fraction of sp³-hybridized carbons (Fsp3) is 0. The molecule has 7 heteroatoms. The Morgan fingerprint density at radius 1 is 0.958 bits per heavy atom. The van der Waals surface area contributed by atoms with Gasteiger partial charge in [0.1, 0.15) is 4.88 Å². The van der Waals surface area contributed by atoms with Gasteiger partial charge in [0.05, 0.1) is 5.69 Å². The summed E-state index contributed by atoms with van der Waals surface area (Å²) in [5.74, 6) is -0.690. The van der Waals surface area contributed by atoms with Gasteiger partial charge in [0, 0.05) is 16.7 Å². The van der Waals surface area contributed by atoms with E-state index in [1.807, 2.05) is 18.2 Å². The average molecular weight is 404 g/mol. The number of nitrogens with two attached hydrogens (primary N) is 2. The van der Waals surface area contributed by atoms with Crippen molar-refractivity contribution in [3.63, 3.8) is 0 Å². The predicted octanol–water partition coefficient (Wildman–Crippen LogP) is 3.30. The summed E-state index contributed by atoms with van der Waals surface area (Å²) in [5.41, 5.74) is 13.2. The highest BCUT2D eigenvalue weighted by molar-refractivity contribution is 8.93. The number of thiazole rings is 1. The lowest BCUT2D eigenvalue weighted by Crippen LogP contribution is -2.10. The number of nitrogen functional groups attached to an aromatic ring is 1. The van der Waals surface area contributed by atoms with Crippen LogP contribution >= 0.6 is 28.3 Å². The van der Waals surface area contributed by atoms with Crippen molar-refractivity contribution in [3.8, 4) is 11.3 Å². The molecule has 0 atom stereocenters. The Morgan fingerprint density at radius 2 is 1.62 bits per heavy atom. The maximum Gasteiger partial charge on any atom is 0.261 e. The van der Waals surface area contributed by atoms with Gasteiger partial charge in [0.2, 0.25) is 0 Å². The Hall–Kier alpha value is -2.51. The minimum absolute atomic E-state index is 0. The van der Waals surface area contributed by atoms with Gasteiger partial charge in [0.25, 0.3) is 5.91 Å². The summed E-state index contributed by atoms with van der Waals surface area (Å²) in [4.78, 5) is 28.5. The number of primary amides is 1. The van der Waals surface area contributed by atoms with Gasteiger partial charge in [-0.2, -0.15) is 0 Å². The van der Waals surface area contributed by atoms with Gasteiger partial charge in [0.15, 0.2) is 10.9 Å². The van der Waals surface area contributed by atoms with E-state index in [0.29, 0.717) is 22.4 Å². The molecule has 0 aliphatic rings. The third-order valence-corrected chi connectivity index (χ3v) is 4.20. The second kappa shape index (κ2) is 7.37. The lowest BCUT2D eigenvalue weighted by molar-refractivity contribution is 0.100. The monoisotopic (exact) mass is 403 g/mol. The third-order valence-electron chi connectivity index (χ3n) is 3.30. The van der Waals surface area contributed by atoms with Gasteiger partial charge in [-0.3, -0.25) is 9.59 Å². The number of benzene rings is 2. The Bertz CT molecular complexity index is 894. The van der Waals surface area contributed by atoms with Crippen LogP contribution in [0.5, 0.6) is 0 Å². The van der Waals surface area contributed by atoms with E-state index in [2.05, 4.69) is 4.98 Å². The summed E-state index contributed by atoms with van der Waals surface area (Å²) in [5, 5.41) is 0.258. The molecule has 0 aliphatic carbocycles. The first kappa shape index (κ1) is 17.8. The summed E-state index contributed by atoms with van der Waals surface area (Å²) >= 11 is 1.04. The third kappa shape index (κ3) is 3.52. The number of halogens is 1. The van der Waals surface area contributed by atoms with Gasteiger partial charge < -0.3 is 11.5 Å². The van der Waals surface area contributed by atoms with Crippen molar-refractivity contribution in [2.45, 2.75) is 0 Å². The van der Waals surface area contributed by atoms with E-state index in [0.717, 1.165) is 11.3 Å². The van der Waals surface area contributed by atoms with E-state index in [9.17, 15) is 9.59 Å². The second-order valence-electron chi connectivity index (χ2n) is 4.87. The molecule has 0 saturated heterocycles. The number of hydrogen-bond acceptors (Lipinski definition) is 5. The number of aromatic nitrogens is 1. The average Bonchev–Trinajstić information content (AvgIpc) is 2.97. The number of carbonyl (C=O) groups is 2. The van der Waals surface area contributed by atoms with Crippen LogP contribution in [0.25, 0.3) is 11.3 Å². The summed E-state index contributed by atoms with van der Waals surface area (Å²) in [6.07, 6.45) is 0. The fourth-order valence-electron chi connectivity index (χ4n) is 2.26. The Labute approximate surface area is 153 Å². The van der Waals surface area contributed by atoms with Crippen molar-refractivity contribution in [2.24, 2.45) is 5.73 Å². The van der Waals surface area contributed by atoms with Gasteiger partial charge in [-0.05, 0) is 6.07 Å². The van der Waals surface area contributed by atoms with Crippen LogP contribution < -0.4 is 11.5 Å². The molecule has 122 valence electrons. The van der Waals surface area contributed by atoms with E-state index in [1.165, 1.54) is 0 Å². The Balaban J connectivity index is 0.00000208. The highest BCUT2D eigenvalue weighted by Gasteiger charge is 2.17. The van der Waals surface area contributed by atoms with Crippen molar-refractivity contribution in [1.29, 1.82) is 0 Å². The van der Waals surface area contributed by atoms with Gasteiger partial charge in [-0.1, -0.05) is 59.9 Å². The largest absolute Gasteiger partial charge is 0.375 e. The number of anilines is 1. The molecule has 3 rings (SSSR count). The van der Waals surface area contributed by atoms with Crippen LogP contribution in [0.2, 0.25) is 0 Å². The van der Waals surface area contributed by atoms with E-state index >= 15 is 0 Å². The van der Waals surface area contributed by atoms with Crippen molar-refractivity contribution >= 4 is 45.1 Å². The van der Waals surface area contributed by atoms with E-state index < -0.39 is 5.91 Å². The quantitative estimate of drug-likeness (QED) is 0.652. The molecule has 24 heavy (non-hydrogen) atoms. The fourth-order valence-corrected chi connectivity index (χ4v) is 2.97. The highest BCUT2D eigenvalue weighted by Crippen LogP contribution is 2.30. The molecule has 0 aliphatic heterocycles. The number of hydrogen-bond donors (Lipinski definition) is 2. The van der Waals surface area contributed by atoms with E-state index in [4.69, 9.17) is 11.5 Å². The van der Waals surface area contributed by atoms with Crippen LogP contribution in [-0.2, 0) is 0 Å². The first-order valence-corrected chi connectivity index (χ1v) is 7.64. The minimum atomic E-state index is -0.589. The van der Waals surface area contributed by atoms with E-state index in [1.54, 1.807) is 36.4 Å². The second-order valence-corrected chi connectivity index (χ2v) is 5.90. The SMILES string of the molecule is Br.NC(=O)c1sc(N)nc1-c1cccc(C(=O)c2ccccc2)c1. The van der Waals surface area contributed by atoms with Crippen molar-refractivity contribution < 1.29 is 9.59 Å². The van der Waals surface area contributed by atoms with Crippen molar-refractivity contribution in [3.05, 3.63) is 70.6 Å². The summed E-state index contributed by atoms with van der Waals surface area (Å²) in [7, 11) is 0. The van der Waals surface area contributed by atoms with Crippen LogP contribution in [0, 0.1) is 0 Å². The molecule has 0 saturated carbocycles. The summed E-state index contributed by atoms with van der Waals surface area (Å²) in [6, 6.07) is 15.9. The van der Waals surface area contributed by atoms with Crippen molar-refractivity contribution in [1.82, 2.24) is 4.98 Å². The zero-order valence-corrected chi connectivity index (χ0v) is 15.0. The molecule has 5 nitrogen and oxygen atoms in total. The van der Waals surface area contributed by atoms with Crippen molar-refractivity contribution in [2.75, 3.05) is 5.73 Å². The smallest absolute Gasteiger partial charge is 0.261 e. The molecular formula is C17H14BrN3O2S. The Kier molecular flexibility index (Phi) is 5.48. The Morgan fingerprint density at radius 3 is 2.29 bits per heavy atom. The molecule has 0 radical (unpaired) electrons. The lowest BCUT2D eigenvalue weighted by atomic mass is 10.00. The molecule has 0 fully saturated rings. The topological polar surface area (TPSA) is 99.1 Å². The van der Waals surface area contributed by atoms with E-state index in [-0.39, 0.29) is 32.8 Å². The van der Waals surface area contributed by atoms with Crippen LogP contribution in [0.1, 0.15) is 25.6 Å². The van der Waals surface area contributed by atoms with Gasteiger partial charge in [-0.15, -0.1) is 17.0 Å². The molecule has 0 unspecified atom stereocenters. The van der Waals surface area contributed by atoms with Crippen LogP contribution in [0.15, 0.2) is 54.6 Å². The van der Waals surface area contributed by atoms with Crippen LogP contribution in [-0.4, -0.2) is 16.7 Å². The molecule has 3 aromatic rings.